The number of hydrogen-bond donors (Lipinski definition) is 6. The van der Waals surface area contributed by atoms with Crippen LogP contribution in [0.5, 0.6) is 0 Å². The molecule has 322 valence electrons. The van der Waals surface area contributed by atoms with Crippen molar-refractivity contribution in [2.24, 2.45) is 0 Å². The van der Waals surface area contributed by atoms with Gasteiger partial charge in [-0.25, -0.2) is 0 Å². The molecule has 1 fully saturated rings. The Labute approximate surface area is 336 Å². The van der Waals surface area contributed by atoms with Crippen LogP contribution < -0.4 is 5.32 Å². The fourth-order valence-corrected chi connectivity index (χ4v) is 7.01. The zero-order valence-corrected chi connectivity index (χ0v) is 35.2. The van der Waals surface area contributed by atoms with Crippen LogP contribution in [0.25, 0.3) is 0 Å². The van der Waals surface area contributed by atoms with Gasteiger partial charge in [0.25, 0.3) is 0 Å². The number of rotatable bonds is 37. The Hall–Kier alpha value is -1.59. The minimum Gasteiger partial charge on any atom is -0.394 e. The number of carbonyl (C=O) groups is 1. The van der Waals surface area contributed by atoms with Gasteiger partial charge in [0.2, 0.25) is 5.91 Å². The zero-order chi connectivity index (χ0) is 40.2. The Kier molecular flexibility index (Phi) is 34.3. The van der Waals surface area contributed by atoms with E-state index >= 15 is 0 Å². The third-order valence-corrected chi connectivity index (χ3v) is 10.7. The van der Waals surface area contributed by atoms with Crippen molar-refractivity contribution in [1.82, 2.24) is 5.32 Å². The van der Waals surface area contributed by atoms with Crippen LogP contribution in [0.4, 0.5) is 0 Å². The molecule has 0 bridgehead atoms. The molecule has 1 aliphatic heterocycles. The second kappa shape index (κ2) is 36.7. The Balaban J connectivity index is 2.37. The summed E-state index contributed by atoms with van der Waals surface area (Å²) in [5.74, 6) is -0.186. The predicted octanol–water partition coefficient (Wildman–Crippen LogP) is 9.28. The number of carbonyl (C=O) groups excluding carboxylic acids is 1. The van der Waals surface area contributed by atoms with Crippen molar-refractivity contribution >= 4 is 5.91 Å². The minimum atomic E-state index is -1.57. The summed E-state index contributed by atoms with van der Waals surface area (Å²) in [6.07, 6.45) is 37.5. The second-order valence-corrected chi connectivity index (χ2v) is 15.8. The molecular weight excluding hydrogens is 695 g/mol. The van der Waals surface area contributed by atoms with Crippen molar-refractivity contribution in [3.8, 4) is 0 Å². The lowest BCUT2D eigenvalue weighted by Crippen LogP contribution is -2.60. The van der Waals surface area contributed by atoms with Gasteiger partial charge in [-0.2, -0.15) is 0 Å². The Morgan fingerprint density at radius 2 is 1.07 bits per heavy atom. The minimum absolute atomic E-state index is 0.186. The summed E-state index contributed by atoms with van der Waals surface area (Å²) in [7, 11) is 0. The van der Waals surface area contributed by atoms with Gasteiger partial charge >= 0.3 is 0 Å². The number of ether oxygens (including phenoxy) is 2. The van der Waals surface area contributed by atoms with E-state index in [1.165, 1.54) is 116 Å². The highest BCUT2D eigenvalue weighted by Gasteiger charge is 2.44. The average Bonchev–Trinajstić information content (AvgIpc) is 3.18. The van der Waals surface area contributed by atoms with Crippen LogP contribution in [-0.4, -0.2) is 87.5 Å². The molecule has 0 aliphatic carbocycles. The molecule has 9 heteroatoms. The molecule has 7 atom stereocenters. The van der Waals surface area contributed by atoms with Crippen molar-refractivity contribution in [1.29, 1.82) is 0 Å². The molecule has 1 amide bonds. The van der Waals surface area contributed by atoms with E-state index in [2.05, 4.69) is 43.5 Å². The molecule has 0 aromatic heterocycles. The van der Waals surface area contributed by atoms with E-state index in [-0.39, 0.29) is 12.5 Å². The van der Waals surface area contributed by atoms with Gasteiger partial charge in [0.15, 0.2) is 6.29 Å². The van der Waals surface area contributed by atoms with E-state index < -0.39 is 49.5 Å². The molecule has 1 saturated heterocycles. The highest BCUT2D eigenvalue weighted by molar-refractivity contribution is 5.76. The van der Waals surface area contributed by atoms with Crippen LogP contribution in [0.2, 0.25) is 0 Å². The van der Waals surface area contributed by atoms with Crippen LogP contribution in [0.3, 0.4) is 0 Å². The lowest BCUT2D eigenvalue weighted by Gasteiger charge is -2.40. The van der Waals surface area contributed by atoms with E-state index in [1.54, 1.807) is 6.08 Å². The summed E-state index contributed by atoms with van der Waals surface area (Å²) < 4.78 is 11.2. The average molecular weight is 780 g/mol. The zero-order valence-electron chi connectivity index (χ0n) is 35.2. The number of aliphatic hydroxyl groups excluding tert-OH is 5. The highest BCUT2D eigenvalue weighted by Crippen LogP contribution is 2.22. The van der Waals surface area contributed by atoms with Crippen LogP contribution >= 0.6 is 0 Å². The molecular formula is C46H85NO8. The van der Waals surface area contributed by atoms with Crippen LogP contribution in [-0.2, 0) is 14.3 Å². The van der Waals surface area contributed by atoms with Crippen molar-refractivity contribution in [2.75, 3.05) is 13.2 Å². The molecule has 0 aromatic rings. The number of nitrogens with one attached hydrogen (secondary N) is 1. The van der Waals surface area contributed by atoms with Gasteiger partial charge in [-0.15, -0.1) is 0 Å². The van der Waals surface area contributed by atoms with Gasteiger partial charge in [0.1, 0.15) is 24.4 Å². The summed E-state index contributed by atoms with van der Waals surface area (Å²) >= 11 is 0. The van der Waals surface area contributed by atoms with Crippen molar-refractivity contribution in [3.05, 3.63) is 36.5 Å². The summed E-state index contributed by atoms with van der Waals surface area (Å²) in [6.45, 7) is 3.74. The first-order valence-electron chi connectivity index (χ1n) is 22.7. The number of aliphatic hydroxyl groups is 5. The van der Waals surface area contributed by atoms with Gasteiger partial charge in [-0.3, -0.25) is 4.79 Å². The topological polar surface area (TPSA) is 149 Å². The standard InChI is InChI=1S/C46H85NO8/c1-3-5-7-9-11-13-15-17-19-20-21-22-24-26-28-30-32-34-36-42(50)47-39(38-54-46-45(53)44(52)43(51)41(37-48)55-46)40(49)35-33-31-29-27-25-23-18-16-14-12-10-8-6-4-2/h13,15,19-20,33,35,39-41,43-46,48-49,51-53H,3-12,14,16-18,21-32,34,36-38H2,1-2H3,(H,47,50)/b15-13-,20-19-,35-33+. The van der Waals surface area contributed by atoms with Gasteiger partial charge in [0, 0.05) is 6.42 Å². The smallest absolute Gasteiger partial charge is 0.220 e. The fraction of sp³-hybridized carbons (Fsp3) is 0.848. The maximum Gasteiger partial charge on any atom is 0.220 e. The molecule has 0 radical (unpaired) electrons. The van der Waals surface area contributed by atoms with Gasteiger partial charge in [0.05, 0.1) is 25.4 Å². The number of amides is 1. The van der Waals surface area contributed by atoms with Gasteiger partial charge in [-0.1, -0.05) is 172 Å². The van der Waals surface area contributed by atoms with Crippen molar-refractivity contribution < 1.29 is 39.8 Å². The number of allylic oxidation sites excluding steroid dienone is 5. The maximum absolute atomic E-state index is 12.9. The number of hydrogen-bond acceptors (Lipinski definition) is 8. The molecule has 1 rings (SSSR count). The lowest BCUT2D eigenvalue weighted by atomic mass is 9.99. The Morgan fingerprint density at radius 3 is 1.58 bits per heavy atom. The van der Waals surface area contributed by atoms with Crippen LogP contribution in [0.15, 0.2) is 36.5 Å². The summed E-state index contributed by atoms with van der Waals surface area (Å²) in [5, 5.41) is 54.1. The SMILES string of the molecule is CCCCCC/C=C\C/C=C\CCCCCCCCCC(=O)NC(COC1OC(CO)C(O)C(O)C1O)C(O)/C=C/CCCCCCCCCCCCCC. The molecule has 6 N–H and O–H groups in total. The molecule has 55 heavy (non-hydrogen) atoms. The molecule has 0 spiro atoms. The third-order valence-electron chi connectivity index (χ3n) is 10.7. The predicted molar refractivity (Wildman–Crippen MR) is 226 cm³/mol. The summed E-state index contributed by atoms with van der Waals surface area (Å²) in [5.41, 5.74) is 0. The first-order valence-corrected chi connectivity index (χ1v) is 22.7. The Bertz CT molecular complexity index is 956. The first kappa shape index (κ1) is 51.4. The van der Waals surface area contributed by atoms with E-state index in [9.17, 15) is 30.3 Å². The second-order valence-electron chi connectivity index (χ2n) is 15.8. The first-order chi connectivity index (χ1) is 26.8. The van der Waals surface area contributed by atoms with Crippen molar-refractivity contribution in [2.45, 2.75) is 236 Å². The molecule has 1 aliphatic rings. The monoisotopic (exact) mass is 780 g/mol. The molecule has 1 heterocycles. The lowest BCUT2D eigenvalue weighted by molar-refractivity contribution is -0.302. The largest absolute Gasteiger partial charge is 0.394 e. The van der Waals surface area contributed by atoms with E-state index in [4.69, 9.17) is 9.47 Å². The fourth-order valence-electron chi connectivity index (χ4n) is 7.01. The van der Waals surface area contributed by atoms with E-state index in [1.807, 2.05) is 6.08 Å². The van der Waals surface area contributed by atoms with Gasteiger partial charge in [-0.05, 0) is 51.4 Å². The van der Waals surface area contributed by atoms with Crippen LogP contribution in [0, 0.1) is 0 Å². The van der Waals surface area contributed by atoms with Crippen LogP contribution in [0.1, 0.15) is 194 Å². The highest BCUT2D eigenvalue weighted by atomic mass is 16.7. The van der Waals surface area contributed by atoms with Crippen molar-refractivity contribution in [3.63, 3.8) is 0 Å². The van der Waals surface area contributed by atoms with E-state index in [0.717, 1.165) is 57.8 Å². The molecule has 0 saturated carbocycles. The van der Waals surface area contributed by atoms with E-state index in [0.29, 0.717) is 6.42 Å². The molecule has 7 unspecified atom stereocenters. The summed E-state index contributed by atoms with van der Waals surface area (Å²) in [6, 6.07) is -0.807. The summed E-state index contributed by atoms with van der Waals surface area (Å²) in [4.78, 5) is 12.9. The molecule has 0 aromatic carbocycles. The Morgan fingerprint density at radius 1 is 0.618 bits per heavy atom. The quantitative estimate of drug-likeness (QED) is 0.0270. The molecule has 9 nitrogen and oxygen atoms in total. The normalized spacial score (nSPS) is 21.6. The maximum atomic E-state index is 12.9. The number of unbranched alkanes of at least 4 members (excludes halogenated alkanes) is 23. The van der Waals surface area contributed by atoms with Gasteiger partial charge < -0.3 is 40.3 Å². The third kappa shape index (κ3) is 27.6.